The van der Waals surface area contributed by atoms with Crippen LogP contribution in [0.5, 0.6) is 0 Å². The average Bonchev–Trinajstić information content (AvgIpc) is 3.27. The highest BCUT2D eigenvalue weighted by atomic mass is 35.5. The quantitative estimate of drug-likeness (QED) is 0.0958. The lowest BCUT2D eigenvalue weighted by atomic mass is 10.0. The number of aromatic nitrogens is 2. The first-order valence-electron chi connectivity index (χ1n) is 12.1. The van der Waals surface area contributed by atoms with Crippen molar-refractivity contribution < 1.29 is 9.72 Å². The molecule has 0 saturated carbocycles. The van der Waals surface area contributed by atoms with Gasteiger partial charge in [0.2, 0.25) is 0 Å². The molecule has 3 aromatic carbocycles. The van der Waals surface area contributed by atoms with Crippen LogP contribution in [0, 0.1) is 10.1 Å². The third kappa shape index (κ3) is 6.39. The van der Waals surface area contributed by atoms with Crippen molar-refractivity contribution >= 4 is 35.0 Å². The Hall–Kier alpha value is -3.62. The highest BCUT2D eigenvalue weighted by Gasteiger charge is 2.20. The van der Waals surface area contributed by atoms with Crippen molar-refractivity contribution in [3.63, 3.8) is 0 Å². The third-order valence-corrected chi connectivity index (χ3v) is 7.10. The molecule has 1 heterocycles. The van der Waals surface area contributed by atoms with Crippen LogP contribution in [-0.2, 0) is 6.54 Å². The topological polar surface area (TPSA) is 90.1 Å². The van der Waals surface area contributed by atoms with Crippen molar-refractivity contribution in [2.45, 2.75) is 31.5 Å². The molecule has 0 atom stereocenters. The first-order valence-corrected chi connectivity index (χ1v) is 13.4. The molecule has 1 N–H and O–H groups in total. The number of halogens is 1. The molecule has 4 aromatic rings. The summed E-state index contributed by atoms with van der Waals surface area (Å²) >= 11 is 7.50. The SMILES string of the molecule is CCCn1c(SCCCNC(=O)c2ccc(Cl)c([N+](=O)[O-])c2)nc(-c2ccccc2)c1-c1ccccc1. The zero-order valence-electron chi connectivity index (χ0n) is 20.4. The minimum Gasteiger partial charge on any atom is -0.352 e. The van der Waals surface area contributed by atoms with Gasteiger partial charge in [0.25, 0.3) is 11.6 Å². The molecule has 4 rings (SSSR count). The van der Waals surface area contributed by atoms with Gasteiger partial charge in [0.15, 0.2) is 5.16 Å². The third-order valence-electron chi connectivity index (χ3n) is 5.72. The van der Waals surface area contributed by atoms with Crippen molar-refractivity contribution in [3.05, 3.63) is 99.6 Å². The number of nitro benzene ring substituents is 1. The molecule has 37 heavy (non-hydrogen) atoms. The van der Waals surface area contributed by atoms with Crippen LogP contribution in [-0.4, -0.2) is 32.7 Å². The normalized spacial score (nSPS) is 10.9. The molecule has 0 radical (unpaired) electrons. The summed E-state index contributed by atoms with van der Waals surface area (Å²) in [5.74, 6) is 0.388. The molecule has 1 aromatic heterocycles. The molecular formula is C28H27ClN4O3S. The molecule has 1 amide bonds. The lowest BCUT2D eigenvalue weighted by molar-refractivity contribution is -0.384. The molecule has 0 aliphatic heterocycles. The Kier molecular flexibility index (Phi) is 8.98. The molecule has 0 aliphatic rings. The maximum absolute atomic E-state index is 12.5. The molecular weight excluding hydrogens is 508 g/mol. The van der Waals surface area contributed by atoms with Gasteiger partial charge in [0, 0.05) is 41.6 Å². The van der Waals surface area contributed by atoms with Crippen LogP contribution >= 0.6 is 23.4 Å². The summed E-state index contributed by atoms with van der Waals surface area (Å²) in [6.07, 6.45) is 1.69. The maximum Gasteiger partial charge on any atom is 0.288 e. The minimum atomic E-state index is -0.596. The fraction of sp³-hybridized carbons (Fsp3) is 0.214. The van der Waals surface area contributed by atoms with Gasteiger partial charge >= 0.3 is 0 Å². The minimum absolute atomic E-state index is 0.00488. The number of carbonyl (C=O) groups is 1. The largest absolute Gasteiger partial charge is 0.352 e. The van der Waals surface area contributed by atoms with Gasteiger partial charge in [-0.05, 0) is 25.0 Å². The number of thioether (sulfide) groups is 1. The van der Waals surface area contributed by atoms with E-state index in [2.05, 4.69) is 41.1 Å². The number of hydrogen-bond acceptors (Lipinski definition) is 5. The Bertz CT molecular complexity index is 1380. The van der Waals surface area contributed by atoms with E-state index in [9.17, 15) is 14.9 Å². The number of nitrogens with zero attached hydrogens (tertiary/aromatic N) is 3. The van der Waals surface area contributed by atoms with Crippen LogP contribution < -0.4 is 5.32 Å². The first-order chi connectivity index (χ1) is 18.0. The van der Waals surface area contributed by atoms with E-state index >= 15 is 0 Å². The number of nitro groups is 1. The second-order valence-electron chi connectivity index (χ2n) is 8.36. The first kappa shape index (κ1) is 26.4. The van der Waals surface area contributed by atoms with Gasteiger partial charge in [0.05, 0.1) is 16.3 Å². The fourth-order valence-electron chi connectivity index (χ4n) is 3.99. The van der Waals surface area contributed by atoms with Gasteiger partial charge in [-0.3, -0.25) is 14.9 Å². The molecule has 0 spiro atoms. The predicted molar refractivity (Wildman–Crippen MR) is 149 cm³/mol. The Morgan fingerprint density at radius 1 is 1.05 bits per heavy atom. The van der Waals surface area contributed by atoms with Crippen LogP contribution in [0.1, 0.15) is 30.1 Å². The zero-order valence-corrected chi connectivity index (χ0v) is 22.0. The van der Waals surface area contributed by atoms with Gasteiger partial charge in [-0.25, -0.2) is 4.98 Å². The Balaban J connectivity index is 1.46. The highest BCUT2D eigenvalue weighted by molar-refractivity contribution is 7.99. The number of benzene rings is 3. The number of hydrogen-bond donors (Lipinski definition) is 1. The van der Waals surface area contributed by atoms with E-state index in [4.69, 9.17) is 16.6 Å². The average molecular weight is 535 g/mol. The molecule has 0 aliphatic carbocycles. The van der Waals surface area contributed by atoms with Gasteiger partial charge < -0.3 is 9.88 Å². The van der Waals surface area contributed by atoms with E-state index < -0.39 is 4.92 Å². The van der Waals surface area contributed by atoms with Gasteiger partial charge in [0.1, 0.15) is 5.02 Å². The summed E-state index contributed by atoms with van der Waals surface area (Å²) < 4.78 is 2.29. The van der Waals surface area contributed by atoms with E-state index in [0.717, 1.165) is 46.4 Å². The number of rotatable bonds is 11. The summed E-state index contributed by atoms with van der Waals surface area (Å²) in [5.41, 5.74) is 4.19. The summed E-state index contributed by atoms with van der Waals surface area (Å²) in [5, 5.41) is 14.9. The number of imidazole rings is 1. The number of amides is 1. The van der Waals surface area contributed by atoms with Crippen LogP contribution in [0.2, 0.25) is 5.02 Å². The molecule has 0 fully saturated rings. The summed E-state index contributed by atoms with van der Waals surface area (Å²) in [4.78, 5) is 28.0. The molecule has 9 heteroatoms. The van der Waals surface area contributed by atoms with Crippen LogP contribution in [0.25, 0.3) is 22.5 Å². The van der Waals surface area contributed by atoms with Crippen LogP contribution in [0.15, 0.2) is 84.0 Å². The predicted octanol–water partition coefficient (Wildman–Crippen LogP) is 7.10. The second-order valence-corrected chi connectivity index (χ2v) is 9.83. The maximum atomic E-state index is 12.5. The highest BCUT2D eigenvalue weighted by Crippen LogP contribution is 2.36. The fourth-order valence-corrected chi connectivity index (χ4v) is 5.15. The smallest absolute Gasteiger partial charge is 0.288 e. The molecule has 0 bridgehead atoms. The second kappa shape index (κ2) is 12.6. The van der Waals surface area contributed by atoms with Crippen molar-refractivity contribution in [3.8, 4) is 22.5 Å². The molecule has 0 unspecified atom stereocenters. The lowest BCUT2D eigenvalue weighted by Crippen LogP contribution is -2.24. The Morgan fingerprint density at radius 2 is 1.73 bits per heavy atom. The van der Waals surface area contributed by atoms with Crippen molar-refractivity contribution in [1.82, 2.24) is 14.9 Å². The van der Waals surface area contributed by atoms with Crippen molar-refractivity contribution in [1.29, 1.82) is 0 Å². The molecule has 0 saturated heterocycles. The zero-order chi connectivity index (χ0) is 26.2. The van der Waals surface area contributed by atoms with E-state index in [1.54, 1.807) is 11.8 Å². The number of nitrogens with one attached hydrogen (secondary N) is 1. The Labute approximate surface area is 225 Å². The summed E-state index contributed by atoms with van der Waals surface area (Å²) in [6.45, 7) is 3.44. The van der Waals surface area contributed by atoms with E-state index in [0.29, 0.717) is 13.0 Å². The van der Waals surface area contributed by atoms with Crippen LogP contribution in [0.3, 0.4) is 0 Å². The Morgan fingerprint density at radius 3 is 2.38 bits per heavy atom. The van der Waals surface area contributed by atoms with E-state index in [1.165, 1.54) is 18.2 Å². The van der Waals surface area contributed by atoms with E-state index in [1.807, 2.05) is 36.4 Å². The van der Waals surface area contributed by atoms with Crippen molar-refractivity contribution in [2.24, 2.45) is 0 Å². The summed E-state index contributed by atoms with van der Waals surface area (Å²) in [6, 6.07) is 24.6. The van der Waals surface area contributed by atoms with Gasteiger partial charge in [-0.2, -0.15) is 0 Å². The monoisotopic (exact) mass is 534 g/mol. The van der Waals surface area contributed by atoms with Gasteiger partial charge in [-0.15, -0.1) is 0 Å². The summed E-state index contributed by atoms with van der Waals surface area (Å²) in [7, 11) is 0. The lowest BCUT2D eigenvalue weighted by Gasteiger charge is -2.12. The van der Waals surface area contributed by atoms with Crippen LogP contribution in [0.4, 0.5) is 5.69 Å². The van der Waals surface area contributed by atoms with Gasteiger partial charge in [-0.1, -0.05) is 91.0 Å². The molecule has 7 nitrogen and oxygen atoms in total. The standard InChI is InChI=1S/C28H27ClN4O3S/c1-2-17-32-26(21-12-7-4-8-13-21)25(20-10-5-3-6-11-20)31-28(32)37-18-9-16-30-27(34)22-14-15-23(29)24(19-22)33(35)36/h3-8,10-15,19H,2,9,16-18H2,1H3,(H,30,34). The number of carbonyl (C=O) groups excluding carboxylic acids is 1. The van der Waals surface area contributed by atoms with E-state index in [-0.39, 0.29) is 22.2 Å². The molecule has 190 valence electrons. The van der Waals surface area contributed by atoms with Crippen molar-refractivity contribution in [2.75, 3.05) is 12.3 Å².